The summed E-state index contributed by atoms with van der Waals surface area (Å²) < 4.78 is 66.6. The van der Waals surface area contributed by atoms with Gasteiger partial charge in [0.1, 0.15) is 0 Å². The van der Waals surface area contributed by atoms with E-state index < -0.39 is 23.3 Å². The van der Waals surface area contributed by atoms with Crippen molar-refractivity contribution in [1.82, 2.24) is 0 Å². The van der Waals surface area contributed by atoms with Crippen molar-refractivity contribution in [2.75, 3.05) is 6.61 Å². The van der Waals surface area contributed by atoms with Gasteiger partial charge in [0.15, 0.2) is 23.2 Å². The molecular formula is C44H58F4O. The zero-order valence-electron chi connectivity index (χ0n) is 30.0. The van der Waals surface area contributed by atoms with Gasteiger partial charge in [-0.25, -0.2) is 13.2 Å². The van der Waals surface area contributed by atoms with Crippen LogP contribution in [0.25, 0.3) is 22.3 Å². The normalized spacial score (nSPS) is 21.2. The summed E-state index contributed by atoms with van der Waals surface area (Å²) in [5.74, 6) is -1.19. The zero-order valence-corrected chi connectivity index (χ0v) is 30.0. The van der Waals surface area contributed by atoms with E-state index in [2.05, 4.69) is 13.8 Å². The molecule has 268 valence electrons. The Morgan fingerprint density at radius 1 is 0.510 bits per heavy atom. The van der Waals surface area contributed by atoms with Gasteiger partial charge in [-0.05, 0) is 97.4 Å². The van der Waals surface area contributed by atoms with E-state index in [4.69, 9.17) is 4.74 Å². The molecule has 0 N–H and O–H groups in total. The summed E-state index contributed by atoms with van der Waals surface area (Å²) >= 11 is 0. The van der Waals surface area contributed by atoms with E-state index in [1.54, 1.807) is 36.4 Å². The topological polar surface area (TPSA) is 9.23 Å². The first-order valence-electron chi connectivity index (χ1n) is 19.6. The number of benzene rings is 3. The Hall–Kier alpha value is -2.82. The van der Waals surface area contributed by atoms with E-state index in [0.717, 1.165) is 62.7 Å². The van der Waals surface area contributed by atoms with E-state index in [0.29, 0.717) is 23.3 Å². The van der Waals surface area contributed by atoms with Crippen LogP contribution in [0.4, 0.5) is 17.6 Å². The van der Waals surface area contributed by atoms with Crippen LogP contribution < -0.4 is 4.74 Å². The Labute approximate surface area is 293 Å². The summed E-state index contributed by atoms with van der Waals surface area (Å²) in [6.45, 7) is 4.80. The predicted molar refractivity (Wildman–Crippen MR) is 195 cm³/mol. The number of halogens is 4. The van der Waals surface area contributed by atoms with Gasteiger partial charge in [-0.2, -0.15) is 4.39 Å². The molecule has 0 aromatic heterocycles. The molecule has 0 amide bonds. The molecule has 2 fully saturated rings. The third kappa shape index (κ3) is 9.91. The standard InChI is InChI=1S/C44H58F4O/c1-3-5-7-8-9-10-12-30-49-40-29-28-39(43(47)44(40)48)36-24-22-35(23-25-36)38-27-26-37(41(45)42(38)46)34-20-18-33(19-21-34)32-16-14-31(15-17-32)13-11-6-4-2/h22-29,31-34H,3-21,30H2,1-2H3. The number of rotatable bonds is 17. The summed E-state index contributed by atoms with van der Waals surface area (Å²) in [6, 6.07) is 12.9. The molecule has 0 unspecified atom stereocenters. The second-order valence-corrected chi connectivity index (χ2v) is 15.0. The lowest BCUT2D eigenvalue weighted by atomic mass is 9.68. The van der Waals surface area contributed by atoms with Crippen molar-refractivity contribution in [2.45, 2.75) is 142 Å². The smallest absolute Gasteiger partial charge is 0.201 e. The van der Waals surface area contributed by atoms with Crippen LogP contribution in [0.1, 0.15) is 147 Å². The molecule has 0 spiro atoms. The molecule has 2 aliphatic carbocycles. The van der Waals surface area contributed by atoms with Gasteiger partial charge in [0.05, 0.1) is 6.61 Å². The minimum absolute atomic E-state index is 0.0490. The zero-order chi connectivity index (χ0) is 34.6. The molecule has 2 saturated carbocycles. The highest BCUT2D eigenvalue weighted by Crippen LogP contribution is 2.45. The minimum atomic E-state index is -1.01. The molecule has 0 radical (unpaired) electrons. The molecule has 1 nitrogen and oxygen atoms in total. The summed E-state index contributed by atoms with van der Waals surface area (Å²) in [5, 5.41) is 0. The average Bonchev–Trinajstić information content (AvgIpc) is 3.13. The van der Waals surface area contributed by atoms with Crippen molar-refractivity contribution in [3.8, 4) is 28.0 Å². The fourth-order valence-electron chi connectivity index (χ4n) is 8.57. The lowest BCUT2D eigenvalue weighted by molar-refractivity contribution is 0.155. The van der Waals surface area contributed by atoms with E-state index >= 15 is 13.2 Å². The average molecular weight is 679 g/mol. The number of hydrogen-bond donors (Lipinski definition) is 0. The van der Waals surface area contributed by atoms with Crippen molar-refractivity contribution in [2.24, 2.45) is 17.8 Å². The second kappa shape index (κ2) is 19.0. The fraction of sp³-hybridized carbons (Fsp3) is 0.591. The molecule has 2 aliphatic rings. The number of hydrogen-bond acceptors (Lipinski definition) is 1. The summed E-state index contributed by atoms with van der Waals surface area (Å²) in [6.07, 6.45) is 22.6. The molecular weight excluding hydrogens is 620 g/mol. The first-order chi connectivity index (χ1) is 23.9. The lowest BCUT2D eigenvalue weighted by Crippen LogP contribution is -2.25. The van der Waals surface area contributed by atoms with Crippen molar-refractivity contribution in [3.63, 3.8) is 0 Å². The molecule has 0 saturated heterocycles. The molecule has 5 heteroatoms. The van der Waals surface area contributed by atoms with Crippen LogP contribution in [-0.2, 0) is 0 Å². The third-order valence-corrected chi connectivity index (χ3v) is 11.7. The summed E-state index contributed by atoms with van der Waals surface area (Å²) in [7, 11) is 0. The molecule has 0 bridgehead atoms. The van der Waals surface area contributed by atoms with Crippen LogP contribution in [0.5, 0.6) is 5.75 Å². The van der Waals surface area contributed by atoms with Crippen LogP contribution in [0, 0.1) is 41.0 Å². The van der Waals surface area contributed by atoms with Crippen LogP contribution in [0.3, 0.4) is 0 Å². The Bertz CT molecular complexity index is 1430. The Balaban J connectivity index is 1.14. The highest BCUT2D eigenvalue weighted by Gasteiger charge is 2.32. The number of ether oxygens (including phenoxy) is 1. The van der Waals surface area contributed by atoms with Crippen LogP contribution in [0.2, 0.25) is 0 Å². The maximum absolute atomic E-state index is 15.6. The SMILES string of the molecule is CCCCCCCCCOc1ccc(-c2ccc(-c3ccc(C4CCC(C5CCC(CCCCC)CC5)CC4)c(F)c3F)cc2)c(F)c1F. The molecule has 5 rings (SSSR count). The first-order valence-corrected chi connectivity index (χ1v) is 19.6. The summed E-state index contributed by atoms with van der Waals surface area (Å²) in [4.78, 5) is 0. The van der Waals surface area contributed by atoms with Crippen molar-refractivity contribution in [1.29, 1.82) is 0 Å². The second-order valence-electron chi connectivity index (χ2n) is 15.0. The summed E-state index contributed by atoms with van der Waals surface area (Å²) in [5.41, 5.74) is 1.72. The maximum Gasteiger partial charge on any atom is 0.201 e. The molecule has 0 atom stereocenters. The van der Waals surface area contributed by atoms with Gasteiger partial charge >= 0.3 is 0 Å². The van der Waals surface area contributed by atoms with Gasteiger partial charge in [-0.3, -0.25) is 0 Å². The molecule has 0 heterocycles. The van der Waals surface area contributed by atoms with Crippen molar-refractivity contribution in [3.05, 3.63) is 77.4 Å². The predicted octanol–water partition coefficient (Wildman–Crippen LogP) is 14.4. The monoisotopic (exact) mass is 678 g/mol. The van der Waals surface area contributed by atoms with Gasteiger partial charge < -0.3 is 4.74 Å². The van der Waals surface area contributed by atoms with E-state index in [1.807, 2.05) is 0 Å². The van der Waals surface area contributed by atoms with Gasteiger partial charge in [-0.15, -0.1) is 0 Å². The third-order valence-electron chi connectivity index (χ3n) is 11.7. The van der Waals surface area contributed by atoms with Crippen LogP contribution in [0.15, 0.2) is 48.5 Å². The largest absolute Gasteiger partial charge is 0.490 e. The lowest BCUT2D eigenvalue weighted by Gasteiger charge is -2.38. The molecule has 3 aromatic rings. The van der Waals surface area contributed by atoms with E-state index in [1.165, 1.54) is 89.2 Å². The molecule has 3 aromatic carbocycles. The highest BCUT2D eigenvalue weighted by molar-refractivity contribution is 5.72. The van der Waals surface area contributed by atoms with Gasteiger partial charge in [0.2, 0.25) is 5.82 Å². The van der Waals surface area contributed by atoms with Crippen LogP contribution in [-0.4, -0.2) is 6.61 Å². The van der Waals surface area contributed by atoms with E-state index in [-0.39, 0.29) is 22.8 Å². The quantitative estimate of drug-likeness (QED) is 0.102. The fourth-order valence-corrected chi connectivity index (χ4v) is 8.57. The van der Waals surface area contributed by atoms with Crippen molar-refractivity contribution >= 4 is 0 Å². The highest BCUT2D eigenvalue weighted by atomic mass is 19.2. The maximum atomic E-state index is 15.6. The van der Waals surface area contributed by atoms with Crippen molar-refractivity contribution < 1.29 is 22.3 Å². The van der Waals surface area contributed by atoms with Gasteiger partial charge in [0.25, 0.3) is 0 Å². The molecule has 0 aliphatic heterocycles. The Morgan fingerprint density at radius 2 is 1.02 bits per heavy atom. The Kier molecular flexibility index (Phi) is 14.5. The minimum Gasteiger partial charge on any atom is -0.490 e. The van der Waals surface area contributed by atoms with Gasteiger partial charge in [-0.1, -0.05) is 127 Å². The Morgan fingerprint density at radius 3 is 1.63 bits per heavy atom. The first kappa shape index (κ1) is 37.4. The van der Waals surface area contributed by atoms with E-state index in [9.17, 15) is 4.39 Å². The molecule has 49 heavy (non-hydrogen) atoms. The van der Waals surface area contributed by atoms with Gasteiger partial charge in [0, 0.05) is 11.1 Å². The van der Waals surface area contributed by atoms with Crippen LogP contribution >= 0.6 is 0 Å². The number of unbranched alkanes of at least 4 members (excludes halogenated alkanes) is 8.